The highest BCUT2D eigenvalue weighted by atomic mass is 16.6. The molecule has 2 aliphatic heterocycles. The molecule has 2 aromatic carbocycles. The van der Waals surface area contributed by atoms with Gasteiger partial charge in [-0.05, 0) is 66.5 Å². The highest BCUT2D eigenvalue weighted by Crippen LogP contribution is 2.57. The summed E-state index contributed by atoms with van der Waals surface area (Å²) in [6.07, 6.45) is 0.941. The minimum absolute atomic E-state index is 0.0773. The Bertz CT molecular complexity index is 1540. The number of nitrogens with one attached hydrogen (secondary N) is 1. The summed E-state index contributed by atoms with van der Waals surface area (Å²) in [7, 11) is 7.71. The molecule has 6 rings (SSSR count). The lowest BCUT2D eigenvalue weighted by Crippen LogP contribution is -2.63. The second-order valence-corrected chi connectivity index (χ2v) is 12.0. The van der Waals surface area contributed by atoms with Gasteiger partial charge in [0.25, 0.3) is 0 Å². The Morgan fingerprint density at radius 3 is 2.38 bits per heavy atom. The van der Waals surface area contributed by atoms with Crippen molar-refractivity contribution < 1.29 is 38.0 Å². The number of ether oxygens (including phenoxy) is 6. The number of esters is 2. The molecule has 244 valence electrons. The van der Waals surface area contributed by atoms with E-state index in [0.29, 0.717) is 23.5 Å². The van der Waals surface area contributed by atoms with Crippen molar-refractivity contribution in [3.8, 4) is 17.2 Å². The average molecular weight is 623 g/mol. The maximum Gasteiger partial charge on any atom is 0.338 e. The molecular weight excluding hydrogens is 576 g/mol. The first-order valence-electron chi connectivity index (χ1n) is 15.7. The second kappa shape index (κ2) is 13.3. The monoisotopic (exact) mass is 622 g/mol. The Kier molecular flexibility index (Phi) is 9.65. The zero-order valence-corrected chi connectivity index (χ0v) is 27.6. The van der Waals surface area contributed by atoms with Crippen molar-refractivity contribution in [2.75, 3.05) is 48.6 Å². The first-order chi connectivity index (χ1) is 21.8. The van der Waals surface area contributed by atoms with E-state index in [1.165, 1.54) is 38.0 Å². The molecule has 1 aliphatic carbocycles. The maximum atomic E-state index is 13.6. The highest BCUT2D eigenvalue weighted by Gasteiger charge is 2.60. The van der Waals surface area contributed by atoms with Gasteiger partial charge in [0, 0.05) is 42.9 Å². The molecule has 1 saturated carbocycles. The molecule has 1 saturated heterocycles. The zero-order valence-electron chi connectivity index (χ0n) is 27.6. The van der Waals surface area contributed by atoms with Crippen LogP contribution in [0.5, 0.6) is 17.2 Å². The topological polar surface area (TPSA) is 109 Å². The van der Waals surface area contributed by atoms with Gasteiger partial charge in [-0.15, -0.1) is 0 Å². The van der Waals surface area contributed by atoms with E-state index >= 15 is 0 Å². The first-order valence-corrected chi connectivity index (χ1v) is 15.7. The molecule has 0 unspecified atom stereocenters. The number of benzene rings is 2. The van der Waals surface area contributed by atoms with E-state index in [0.717, 1.165) is 37.2 Å². The summed E-state index contributed by atoms with van der Waals surface area (Å²) in [6, 6.07) is 11.2. The highest BCUT2D eigenvalue weighted by molar-refractivity contribution is 5.90. The Hall–Kier alpha value is -3.76. The van der Waals surface area contributed by atoms with Crippen LogP contribution in [-0.2, 0) is 25.4 Å². The third kappa shape index (κ3) is 5.63. The van der Waals surface area contributed by atoms with Gasteiger partial charge in [0.15, 0.2) is 11.5 Å². The minimum Gasteiger partial charge on any atom is -0.497 e. The van der Waals surface area contributed by atoms with Crippen molar-refractivity contribution in [3.63, 3.8) is 0 Å². The van der Waals surface area contributed by atoms with Crippen LogP contribution >= 0.6 is 0 Å². The van der Waals surface area contributed by atoms with Crippen molar-refractivity contribution in [2.24, 2.45) is 17.3 Å². The molecule has 3 heterocycles. The molecule has 10 nitrogen and oxygen atoms in total. The molecule has 0 spiro atoms. The molecule has 0 radical (unpaired) electrons. The van der Waals surface area contributed by atoms with Crippen LogP contribution in [0.15, 0.2) is 36.4 Å². The van der Waals surface area contributed by atoms with Crippen LogP contribution in [0.4, 0.5) is 0 Å². The third-order valence-electron chi connectivity index (χ3n) is 10.1. The van der Waals surface area contributed by atoms with Crippen LogP contribution in [-0.4, -0.2) is 82.7 Å². The molecule has 2 fully saturated rings. The molecular formula is C35H46N2O8. The lowest BCUT2D eigenvalue weighted by atomic mass is 9.54. The van der Waals surface area contributed by atoms with Crippen molar-refractivity contribution in [1.29, 1.82) is 0 Å². The fourth-order valence-electron chi connectivity index (χ4n) is 7.89. The number of methoxy groups -OCH3 is 5. The summed E-state index contributed by atoms with van der Waals surface area (Å²) in [5.74, 6) is 0.357. The van der Waals surface area contributed by atoms with E-state index in [1.807, 2.05) is 26.0 Å². The van der Waals surface area contributed by atoms with Crippen LogP contribution < -0.4 is 14.2 Å². The second-order valence-electron chi connectivity index (χ2n) is 12.0. The Balaban J connectivity index is 0.00000196. The molecule has 3 aliphatic rings. The summed E-state index contributed by atoms with van der Waals surface area (Å²) in [6.45, 7) is 7.86. The largest absolute Gasteiger partial charge is 0.497 e. The fraction of sp³-hybridized carbons (Fsp3) is 0.543. The van der Waals surface area contributed by atoms with E-state index in [-0.39, 0.29) is 17.9 Å². The Morgan fingerprint density at radius 2 is 1.71 bits per heavy atom. The number of aromatic amines is 1. The molecule has 0 amide bonds. The predicted octanol–water partition coefficient (Wildman–Crippen LogP) is 5.58. The van der Waals surface area contributed by atoms with Crippen LogP contribution in [0.2, 0.25) is 0 Å². The van der Waals surface area contributed by atoms with Crippen molar-refractivity contribution in [1.82, 2.24) is 9.88 Å². The van der Waals surface area contributed by atoms with E-state index in [2.05, 4.69) is 22.9 Å². The number of hydrogen-bond acceptors (Lipinski definition) is 9. The molecule has 3 aromatic rings. The summed E-state index contributed by atoms with van der Waals surface area (Å²) in [4.78, 5) is 33.2. The van der Waals surface area contributed by atoms with Gasteiger partial charge < -0.3 is 33.4 Å². The minimum atomic E-state index is -0.667. The van der Waals surface area contributed by atoms with Gasteiger partial charge in [-0.2, -0.15) is 0 Å². The zero-order chi connectivity index (χ0) is 32.5. The van der Waals surface area contributed by atoms with E-state index in [9.17, 15) is 9.59 Å². The van der Waals surface area contributed by atoms with Gasteiger partial charge in [0.2, 0.25) is 0 Å². The molecule has 6 atom stereocenters. The van der Waals surface area contributed by atoms with Crippen LogP contribution in [0.25, 0.3) is 10.9 Å². The van der Waals surface area contributed by atoms with Gasteiger partial charge in [0.1, 0.15) is 18.0 Å². The molecule has 45 heavy (non-hydrogen) atoms. The fourth-order valence-corrected chi connectivity index (χ4v) is 7.89. The normalized spacial score (nSPS) is 27.2. The first kappa shape index (κ1) is 32.6. The maximum absolute atomic E-state index is 13.6. The Morgan fingerprint density at radius 1 is 0.956 bits per heavy atom. The summed E-state index contributed by atoms with van der Waals surface area (Å²) in [5.41, 5.74) is 3.47. The van der Waals surface area contributed by atoms with Crippen LogP contribution in [0, 0.1) is 17.3 Å². The summed E-state index contributed by atoms with van der Waals surface area (Å²) < 4.78 is 33.7. The SMILES string of the molecule is CC.COC(=O)[C@@H]1[C@@H](OC)[C@H](OC(=O)c2ccc(OC)c(OC)c2)C[C@@H]2CN3CCc4c([nH]c5cc(OC)ccc45)[C@H]3C[C@@]21C. The molecule has 0 bridgehead atoms. The van der Waals surface area contributed by atoms with Crippen molar-refractivity contribution in [2.45, 2.75) is 58.3 Å². The molecule has 1 N–H and O–H groups in total. The van der Waals surface area contributed by atoms with Crippen LogP contribution in [0.3, 0.4) is 0 Å². The number of piperidine rings is 1. The average Bonchev–Trinajstić information content (AvgIpc) is 3.45. The van der Waals surface area contributed by atoms with Crippen molar-refractivity contribution >= 4 is 22.8 Å². The summed E-state index contributed by atoms with van der Waals surface area (Å²) in [5, 5.41) is 1.22. The summed E-state index contributed by atoms with van der Waals surface area (Å²) >= 11 is 0. The number of fused-ring (bicyclic) bond motifs is 6. The van der Waals surface area contributed by atoms with Gasteiger partial charge in [0.05, 0.1) is 46.0 Å². The number of hydrogen-bond donors (Lipinski definition) is 1. The Labute approximate surface area is 265 Å². The number of aromatic nitrogens is 1. The lowest BCUT2D eigenvalue weighted by Gasteiger charge is -2.58. The predicted molar refractivity (Wildman–Crippen MR) is 170 cm³/mol. The smallest absolute Gasteiger partial charge is 0.338 e. The van der Waals surface area contributed by atoms with Gasteiger partial charge in [-0.3, -0.25) is 9.69 Å². The number of carbonyl (C=O) groups excluding carboxylic acids is 2. The van der Waals surface area contributed by atoms with Gasteiger partial charge in [-0.1, -0.05) is 20.8 Å². The van der Waals surface area contributed by atoms with E-state index in [1.54, 1.807) is 32.4 Å². The lowest BCUT2D eigenvalue weighted by molar-refractivity contribution is -0.196. The third-order valence-corrected chi connectivity index (χ3v) is 10.1. The van der Waals surface area contributed by atoms with E-state index < -0.39 is 29.5 Å². The standard InChI is InChI=1S/C33H40N2O8.C2H6/c1-33-16-24-29-22(21-9-8-20(38-2)15-23(21)34-29)11-12-35(24)17-19(33)14-27(30(41-5)28(33)32(37)42-6)43-31(36)18-7-10-25(39-3)26(13-18)40-4;1-2/h7-10,13,15,19,24,27-28,30,34H,11-12,14,16-17H2,1-6H3;1-2H3/t19-,24-,27-,28+,30+,33+;/m1./s1. The quantitative estimate of drug-likeness (QED) is 0.338. The molecule has 1 aromatic heterocycles. The van der Waals surface area contributed by atoms with E-state index in [4.69, 9.17) is 28.4 Å². The number of rotatable bonds is 7. The number of nitrogens with zero attached hydrogens (tertiary/aromatic N) is 1. The molecule has 10 heteroatoms. The number of H-pyrrole nitrogens is 1. The van der Waals surface area contributed by atoms with Gasteiger partial charge in [-0.25, -0.2) is 4.79 Å². The van der Waals surface area contributed by atoms with Crippen molar-refractivity contribution in [3.05, 3.63) is 53.2 Å². The number of carbonyl (C=O) groups is 2. The van der Waals surface area contributed by atoms with Gasteiger partial charge >= 0.3 is 11.9 Å². The van der Waals surface area contributed by atoms with Crippen LogP contribution in [0.1, 0.15) is 61.3 Å².